The average molecular weight is 461 g/mol. The lowest BCUT2D eigenvalue weighted by Crippen LogP contribution is -2.45. The van der Waals surface area contributed by atoms with Crippen molar-refractivity contribution in [1.82, 2.24) is 4.72 Å². The van der Waals surface area contributed by atoms with E-state index in [1.54, 1.807) is 43.3 Å². The molecule has 0 saturated carbocycles. The molecule has 0 heterocycles. The van der Waals surface area contributed by atoms with Gasteiger partial charge >= 0.3 is 0 Å². The number of amides is 1. The minimum absolute atomic E-state index is 0.0455. The number of benzene rings is 3. The van der Waals surface area contributed by atoms with Crippen LogP contribution in [0, 0.1) is 18.6 Å². The zero-order chi connectivity index (χ0) is 23.3. The van der Waals surface area contributed by atoms with Crippen molar-refractivity contribution < 1.29 is 26.7 Å². The highest BCUT2D eigenvalue weighted by Gasteiger charge is 2.29. The third-order valence-corrected chi connectivity index (χ3v) is 6.21. The number of para-hydroxylation sites is 1. The van der Waals surface area contributed by atoms with Crippen LogP contribution in [0.1, 0.15) is 11.1 Å². The van der Waals surface area contributed by atoms with Crippen molar-refractivity contribution in [1.29, 1.82) is 0 Å². The quantitative estimate of drug-likeness (QED) is 0.536. The third-order valence-electron chi connectivity index (χ3n) is 4.72. The number of aryl methyl sites for hydroxylation is 1. The molecule has 0 bridgehead atoms. The normalized spacial score (nSPS) is 12.2. The van der Waals surface area contributed by atoms with Gasteiger partial charge in [-0.05, 0) is 48.7 Å². The molecule has 0 aromatic heterocycles. The molecule has 0 radical (unpaired) electrons. The topological polar surface area (TPSA) is 84.5 Å². The van der Waals surface area contributed by atoms with Gasteiger partial charge < -0.3 is 10.1 Å². The number of rotatable bonds is 8. The first-order chi connectivity index (χ1) is 15.2. The number of hydrogen-bond acceptors (Lipinski definition) is 4. The van der Waals surface area contributed by atoms with Gasteiger partial charge in [-0.3, -0.25) is 4.79 Å². The molecular formula is C23H22F2N2O4S. The van der Waals surface area contributed by atoms with E-state index in [0.717, 1.165) is 18.2 Å². The van der Waals surface area contributed by atoms with Crippen molar-refractivity contribution in [3.8, 4) is 5.75 Å². The van der Waals surface area contributed by atoms with Crippen LogP contribution in [-0.2, 0) is 21.2 Å². The van der Waals surface area contributed by atoms with E-state index in [0.29, 0.717) is 11.1 Å². The summed E-state index contributed by atoms with van der Waals surface area (Å²) in [6, 6.07) is 15.1. The fourth-order valence-electron chi connectivity index (χ4n) is 3.11. The van der Waals surface area contributed by atoms with E-state index in [2.05, 4.69) is 10.0 Å². The third kappa shape index (κ3) is 5.49. The fraction of sp³-hybridized carbons (Fsp3) is 0.174. The molecule has 2 N–H and O–H groups in total. The second kappa shape index (κ2) is 9.88. The summed E-state index contributed by atoms with van der Waals surface area (Å²) in [7, 11) is -2.89. The van der Waals surface area contributed by atoms with Crippen molar-refractivity contribution in [2.45, 2.75) is 24.3 Å². The summed E-state index contributed by atoms with van der Waals surface area (Å²) in [5, 5.41) is 2.17. The molecule has 32 heavy (non-hydrogen) atoms. The molecule has 9 heteroatoms. The lowest BCUT2D eigenvalue weighted by Gasteiger charge is -2.20. The van der Waals surface area contributed by atoms with Gasteiger partial charge in [0.05, 0.1) is 7.11 Å². The van der Waals surface area contributed by atoms with E-state index in [1.165, 1.54) is 19.2 Å². The molecule has 3 aromatic rings. The lowest BCUT2D eigenvalue weighted by atomic mass is 10.1. The Hall–Kier alpha value is -3.30. The van der Waals surface area contributed by atoms with Crippen LogP contribution < -0.4 is 14.8 Å². The molecule has 1 atom stereocenters. The van der Waals surface area contributed by atoms with E-state index >= 15 is 0 Å². The molecule has 6 nitrogen and oxygen atoms in total. The second-order valence-electron chi connectivity index (χ2n) is 7.10. The van der Waals surface area contributed by atoms with Crippen molar-refractivity contribution in [2.75, 3.05) is 12.4 Å². The highest BCUT2D eigenvalue weighted by Crippen LogP contribution is 2.25. The van der Waals surface area contributed by atoms with E-state index in [4.69, 9.17) is 4.74 Å². The van der Waals surface area contributed by atoms with Crippen LogP contribution in [0.25, 0.3) is 0 Å². The standard InChI is InChI=1S/C23H22F2N2O4S/c1-15-11-12-20(31-2)21(13-15)32(29,30)27-19(14-16-7-4-3-5-8-16)23(28)26-22-17(24)9-6-10-18(22)25/h3-13,19,27H,14H2,1-2H3,(H,26,28). The van der Waals surface area contributed by atoms with Gasteiger partial charge in [0.15, 0.2) is 0 Å². The van der Waals surface area contributed by atoms with Gasteiger partial charge in [-0.15, -0.1) is 0 Å². The fourth-order valence-corrected chi connectivity index (χ4v) is 4.56. The number of anilines is 1. The number of ether oxygens (including phenoxy) is 1. The van der Waals surface area contributed by atoms with Crippen LogP contribution in [0.2, 0.25) is 0 Å². The summed E-state index contributed by atoms with van der Waals surface area (Å²) >= 11 is 0. The van der Waals surface area contributed by atoms with Gasteiger partial charge in [-0.1, -0.05) is 42.5 Å². The Bertz CT molecular complexity index is 1200. The number of nitrogens with one attached hydrogen (secondary N) is 2. The summed E-state index contributed by atoms with van der Waals surface area (Å²) in [6.07, 6.45) is -0.0455. The SMILES string of the molecule is COc1ccc(C)cc1S(=O)(=O)NC(Cc1ccccc1)C(=O)Nc1c(F)cccc1F. The van der Waals surface area contributed by atoms with E-state index < -0.39 is 39.3 Å². The molecule has 0 spiro atoms. The smallest absolute Gasteiger partial charge is 0.245 e. The summed E-state index contributed by atoms with van der Waals surface area (Å²) in [4.78, 5) is 12.8. The highest BCUT2D eigenvalue weighted by molar-refractivity contribution is 7.89. The summed E-state index contributed by atoms with van der Waals surface area (Å²) in [6.45, 7) is 1.72. The zero-order valence-electron chi connectivity index (χ0n) is 17.4. The first-order valence-corrected chi connectivity index (χ1v) is 11.2. The number of carbonyl (C=O) groups excluding carboxylic acids is 1. The number of methoxy groups -OCH3 is 1. The average Bonchev–Trinajstić information content (AvgIpc) is 2.76. The number of halogens is 2. The highest BCUT2D eigenvalue weighted by atomic mass is 32.2. The van der Waals surface area contributed by atoms with Gasteiger partial charge in [0, 0.05) is 0 Å². The van der Waals surface area contributed by atoms with Gasteiger partial charge in [0.2, 0.25) is 15.9 Å². The molecule has 1 amide bonds. The van der Waals surface area contributed by atoms with Crippen LogP contribution in [0.5, 0.6) is 5.75 Å². The summed E-state index contributed by atoms with van der Waals surface area (Å²) in [5.74, 6) is -2.75. The maximum atomic E-state index is 14.0. The Morgan fingerprint density at radius 1 is 1.00 bits per heavy atom. The van der Waals surface area contributed by atoms with Crippen LogP contribution in [-0.4, -0.2) is 27.5 Å². The maximum Gasteiger partial charge on any atom is 0.245 e. The van der Waals surface area contributed by atoms with E-state index in [-0.39, 0.29) is 17.1 Å². The van der Waals surface area contributed by atoms with Crippen LogP contribution >= 0.6 is 0 Å². The van der Waals surface area contributed by atoms with Crippen molar-refractivity contribution in [3.05, 3.63) is 89.5 Å². The molecule has 3 aromatic carbocycles. The molecular weight excluding hydrogens is 438 g/mol. The predicted molar refractivity (Wildman–Crippen MR) is 117 cm³/mol. The van der Waals surface area contributed by atoms with Gasteiger partial charge in [-0.2, -0.15) is 4.72 Å². The Balaban J connectivity index is 1.96. The lowest BCUT2D eigenvalue weighted by molar-refractivity contribution is -0.117. The van der Waals surface area contributed by atoms with E-state index in [9.17, 15) is 22.0 Å². The zero-order valence-corrected chi connectivity index (χ0v) is 18.2. The monoisotopic (exact) mass is 460 g/mol. The van der Waals surface area contributed by atoms with Crippen molar-refractivity contribution in [2.24, 2.45) is 0 Å². The van der Waals surface area contributed by atoms with Gasteiger partial charge in [0.1, 0.15) is 34.0 Å². The Morgan fingerprint density at radius 2 is 1.66 bits per heavy atom. The van der Waals surface area contributed by atoms with Gasteiger partial charge in [-0.25, -0.2) is 17.2 Å². The molecule has 1 unspecified atom stereocenters. The molecule has 0 aliphatic heterocycles. The van der Waals surface area contributed by atoms with Crippen LogP contribution in [0.15, 0.2) is 71.6 Å². The Morgan fingerprint density at radius 3 is 2.28 bits per heavy atom. The molecule has 0 aliphatic carbocycles. The van der Waals surface area contributed by atoms with Crippen molar-refractivity contribution in [3.63, 3.8) is 0 Å². The van der Waals surface area contributed by atoms with Crippen molar-refractivity contribution >= 4 is 21.6 Å². The summed E-state index contributed by atoms with van der Waals surface area (Å²) < 4.78 is 61.9. The minimum atomic E-state index is -4.23. The minimum Gasteiger partial charge on any atom is -0.495 e. The second-order valence-corrected chi connectivity index (χ2v) is 8.79. The predicted octanol–water partition coefficient (Wildman–Crippen LogP) is 3.81. The van der Waals surface area contributed by atoms with Gasteiger partial charge in [0.25, 0.3) is 0 Å². The van der Waals surface area contributed by atoms with E-state index in [1.807, 2.05) is 0 Å². The first-order valence-electron chi connectivity index (χ1n) is 9.67. The van der Waals surface area contributed by atoms with Crippen LogP contribution in [0.4, 0.5) is 14.5 Å². The molecule has 168 valence electrons. The summed E-state index contributed by atoms with van der Waals surface area (Å²) in [5.41, 5.74) is 0.673. The molecule has 0 saturated heterocycles. The maximum absolute atomic E-state index is 14.0. The number of carbonyl (C=O) groups is 1. The number of hydrogen-bond donors (Lipinski definition) is 2. The Labute approximate surface area is 185 Å². The largest absolute Gasteiger partial charge is 0.495 e. The first kappa shape index (κ1) is 23.4. The van der Waals surface area contributed by atoms with Crippen LogP contribution in [0.3, 0.4) is 0 Å². The molecule has 3 rings (SSSR count). The number of sulfonamides is 1. The molecule has 0 fully saturated rings. The molecule has 0 aliphatic rings. The Kier molecular flexibility index (Phi) is 7.22.